The fourth-order valence-electron chi connectivity index (χ4n) is 3.98. The van der Waals surface area contributed by atoms with E-state index < -0.39 is 16.7 Å². The third kappa shape index (κ3) is 3.74. The van der Waals surface area contributed by atoms with Crippen LogP contribution in [0.4, 0.5) is 11.6 Å². The quantitative estimate of drug-likeness (QED) is 0.564. The van der Waals surface area contributed by atoms with E-state index in [1.807, 2.05) is 4.90 Å². The Morgan fingerprint density at radius 2 is 1.73 bits per heavy atom. The number of anilines is 1. The average molecular weight is 412 g/mol. The zero-order valence-corrected chi connectivity index (χ0v) is 17.0. The molecule has 2 aliphatic rings. The summed E-state index contributed by atoms with van der Waals surface area (Å²) in [6, 6.07) is 8.85. The minimum atomic E-state index is -0.683. The number of benzene rings is 1. The highest BCUT2D eigenvalue weighted by Gasteiger charge is 2.40. The molecule has 0 N–H and O–H groups in total. The van der Waals surface area contributed by atoms with Gasteiger partial charge >= 0.3 is 5.88 Å². The van der Waals surface area contributed by atoms with Crippen molar-refractivity contribution in [2.45, 2.75) is 13.8 Å². The maximum absolute atomic E-state index is 12.8. The highest BCUT2D eigenvalue weighted by molar-refractivity contribution is 5.94. The van der Waals surface area contributed by atoms with Crippen LogP contribution in [0, 0.1) is 29.9 Å². The van der Waals surface area contributed by atoms with Gasteiger partial charge in [0.25, 0.3) is 5.91 Å². The molecule has 158 valence electrons. The second kappa shape index (κ2) is 7.81. The molecule has 2 amide bonds. The Kier molecular flexibility index (Phi) is 5.19. The molecule has 1 aromatic heterocycles. The van der Waals surface area contributed by atoms with Gasteiger partial charge in [-0.1, -0.05) is 12.1 Å². The zero-order valence-electron chi connectivity index (χ0n) is 17.0. The van der Waals surface area contributed by atoms with E-state index in [0.29, 0.717) is 26.2 Å². The van der Waals surface area contributed by atoms with E-state index in [1.54, 1.807) is 0 Å². The summed E-state index contributed by atoms with van der Waals surface area (Å²) in [7, 11) is 0. The topological polar surface area (TPSA) is 100 Å². The molecule has 2 aliphatic heterocycles. The highest BCUT2D eigenvalue weighted by Crippen LogP contribution is 2.26. The van der Waals surface area contributed by atoms with E-state index in [1.165, 1.54) is 27.8 Å². The number of likely N-dealkylation sites (tertiary alicyclic amines) is 1. The summed E-state index contributed by atoms with van der Waals surface area (Å²) < 4.78 is 4.96. The molecule has 2 aromatic rings. The van der Waals surface area contributed by atoms with Crippen LogP contribution in [0.5, 0.6) is 0 Å². The third-order valence-electron chi connectivity index (χ3n) is 5.80. The minimum absolute atomic E-state index is 0.0603. The number of carbonyl (C=O) groups excluding carboxylic acids is 2. The van der Waals surface area contributed by atoms with Crippen LogP contribution in [0.2, 0.25) is 0 Å². The van der Waals surface area contributed by atoms with Gasteiger partial charge < -0.3 is 19.1 Å². The smallest absolute Gasteiger partial charge is 0.395 e. The van der Waals surface area contributed by atoms with Crippen molar-refractivity contribution in [3.8, 4) is 0 Å². The first-order valence-electron chi connectivity index (χ1n) is 9.98. The number of hydrogen-bond donors (Lipinski definition) is 0. The fraction of sp³-hybridized carbons (Fsp3) is 0.429. The van der Waals surface area contributed by atoms with Crippen LogP contribution in [-0.2, 0) is 4.79 Å². The van der Waals surface area contributed by atoms with Gasteiger partial charge in [0.1, 0.15) is 4.92 Å². The third-order valence-corrected chi connectivity index (χ3v) is 5.80. The maximum Gasteiger partial charge on any atom is 0.433 e. The molecule has 2 fully saturated rings. The van der Waals surface area contributed by atoms with Gasteiger partial charge in [0.15, 0.2) is 5.76 Å². The summed E-state index contributed by atoms with van der Waals surface area (Å²) in [4.78, 5) is 40.8. The second-order valence-electron chi connectivity index (χ2n) is 7.90. The van der Waals surface area contributed by atoms with E-state index in [-0.39, 0.29) is 17.6 Å². The first-order chi connectivity index (χ1) is 14.3. The van der Waals surface area contributed by atoms with Crippen molar-refractivity contribution in [3.05, 3.63) is 57.3 Å². The lowest BCUT2D eigenvalue weighted by Crippen LogP contribution is -2.59. The van der Waals surface area contributed by atoms with Gasteiger partial charge in [0, 0.05) is 45.0 Å². The SMILES string of the molecule is Cc1ccc(C)c(N2CCN(C(=O)C3CN(C(=O)c4ccc([N+](=O)[O-])o4)C3)CC2)c1. The van der Waals surface area contributed by atoms with Crippen LogP contribution >= 0.6 is 0 Å². The van der Waals surface area contributed by atoms with Crippen molar-refractivity contribution in [2.75, 3.05) is 44.2 Å². The summed E-state index contributed by atoms with van der Waals surface area (Å²) in [5.74, 6) is -1.13. The lowest BCUT2D eigenvalue weighted by Gasteiger charge is -2.43. The van der Waals surface area contributed by atoms with E-state index in [9.17, 15) is 19.7 Å². The number of piperazine rings is 1. The molecule has 2 saturated heterocycles. The molecule has 0 radical (unpaired) electrons. The molecule has 0 spiro atoms. The Morgan fingerprint density at radius 3 is 2.37 bits per heavy atom. The maximum atomic E-state index is 12.8. The second-order valence-corrected chi connectivity index (χ2v) is 7.90. The number of nitrogens with zero attached hydrogens (tertiary/aromatic N) is 4. The Bertz CT molecular complexity index is 987. The summed E-state index contributed by atoms with van der Waals surface area (Å²) in [5, 5.41) is 10.7. The Morgan fingerprint density at radius 1 is 1.03 bits per heavy atom. The molecule has 0 atom stereocenters. The van der Waals surface area contributed by atoms with Gasteiger partial charge in [0.05, 0.1) is 12.0 Å². The molecule has 3 heterocycles. The Hall–Kier alpha value is -3.36. The van der Waals surface area contributed by atoms with Crippen molar-refractivity contribution in [1.82, 2.24) is 9.80 Å². The first kappa shape index (κ1) is 19.9. The average Bonchev–Trinajstić information content (AvgIpc) is 3.19. The van der Waals surface area contributed by atoms with Crippen molar-refractivity contribution in [1.29, 1.82) is 0 Å². The zero-order chi connectivity index (χ0) is 21.4. The van der Waals surface area contributed by atoms with Crippen LogP contribution < -0.4 is 4.90 Å². The van der Waals surface area contributed by atoms with E-state index >= 15 is 0 Å². The van der Waals surface area contributed by atoms with E-state index in [2.05, 4.69) is 36.9 Å². The summed E-state index contributed by atoms with van der Waals surface area (Å²) >= 11 is 0. The largest absolute Gasteiger partial charge is 0.433 e. The molecule has 1 aromatic carbocycles. The van der Waals surface area contributed by atoms with Crippen molar-refractivity contribution in [2.24, 2.45) is 5.92 Å². The summed E-state index contributed by atoms with van der Waals surface area (Å²) in [6.07, 6.45) is 0. The van der Waals surface area contributed by atoms with Gasteiger partial charge in [-0.2, -0.15) is 0 Å². The number of carbonyl (C=O) groups is 2. The molecule has 0 aliphatic carbocycles. The molecule has 0 unspecified atom stereocenters. The predicted octanol–water partition coefficient (Wildman–Crippen LogP) is 2.23. The first-order valence-corrected chi connectivity index (χ1v) is 9.98. The van der Waals surface area contributed by atoms with Crippen LogP contribution in [0.25, 0.3) is 0 Å². The van der Waals surface area contributed by atoms with E-state index in [0.717, 1.165) is 19.2 Å². The monoisotopic (exact) mass is 412 g/mol. The predicted molar refractivity (Wildman–Crippen MR) is 109 cm³/mol. The highest BCUT2D eigenvalue weighted by atomic mass is 16.6. The van der Waals surface area contributed by atoms with Gasteiger partial charge in [-0.3, -0.25) is 19.7 Å². The number of aryl methyl sites for hydroxylation is 2. The van der Waals surface area contributed by atoms with Crippen molar-refractivity contribution < 1.29 is 18.9 Å². The van der Waals surface area contributed by atoms with Crippen molar-refractivity contribution >= 4 is 23.4 Å². The van der Waals surface area contributed by atoms with Crippen LogP contribution in [0.15, 0.2) is 34.7 Å². The number of rotatable bonds is 4. The molecule has 0 bridgehead atoms. The molecule has 9 heteroatoms. The molecule has 9 nitrogen and oxygen atoms in total. The Balaban J connectivity index is 1.29. The number of nitro groups is 1. The van der Waals surface area contributed by atoms with Gasteiger partial charge in [-0.15, -0.1) is 0 Å². The lowest BCUT2D eigenvalue weighted by molar-refractivity contribution is -0.402. The standard InChI is InChI=1S/C21H24N4O5/c1-14-3-4-15(2)17(11-14)22-7-9-23(10-8-22)20(26)16-12-24(13-16)21(27)18-5-6-19(30-18)25(28)29/h3-6,11,16H,7-10,12-13H2,1-2H3. The van der Waals surface area contributed by atoms with Crippen LogP contribution in [0.1, 0.15) is 21.7 Å². The summed E-state index contributed by atoms with van der Waals surface area (Å²) in [6.45, 7) is 7.66. The minimum Gasteiger partial charge on any atom is -0.395 e. The Labute approximate surface area is 174 Å². The summed E-state index contributed by atoms with van der Waals surface area (Å²) in [5.41, 5.74) is 3.66. The molecule has 0 saturated carbocycles. The number of furan rings is 1. The molecular weight excluding hydrogens is 388 g/mol. The normalized spacial score (nSPS) is 17.1. The van der Waals surface area contributed by atoms with Gasteiger partial charge in [-0.05, 0) is 37.1 Å². The lowest BCUT2D eigenvalue weighted by atomic mass is 9.97. The van der Waals surface area contributed by atoms with E-state index in [4.69, 9.17) is 4.42 Å². The molecular formula is C21H24N4O5. The van der Waals surface area contributed by atoms with Gasteiger partial charge in [0.2, 0.25) is 5.91 Å². The molecule has 4 rings (SSSR count). The molecule has 30 heavy (non-hydrogen) atoms. The van der Waals surface area contributed by atoms with Crippen LogP contribution in [0.3, 0.4) is 0 Å². The number of hydrogen-bond acceptors (Lipinski definition) is 6. The van der Waals surface area contributed by atoms with Crippen LogP contribution in [-0.4, -0.2) is 65.8 Å². The fourth-order valence-corrected chi connectivity index (χ4v) is 3.98. The van der Waals surface area contributed by atoms with Crippen molar-refractivity contribution in [3.63, 3.8) is 0 Å². The number of amides is 2. The van der Waals surface area contributed by atoms with Gasteiger partial charge in [-0.25, -0.2) is 0 Å².